The molecule has 0 saturated carbocycles. The maximum absolute atomic E-state index is 12.7. The van der Waals surface area contributed by atoms with E-state index in [4.69, 9.17) is 10.5 Å². The summed E-state index contributed by atoms with van der Waals surface area (Å²) in [6.07, 6.45) is 6.57. The highest BCUT2D eigenvalue weighted by Crippen LogP contribution is 2.29. The molecule has 32 heavy (non-hydrogen) atoms. The quantitative estimate of drug-likeness (QED) is 0.543. The molecule has 1 aliphatic rings. The van der Waals surface area contributed by atoms with E-state index >= 15 is 0 Å². The number of methoxy groups -OCH3 is 1. The van der Waals surface area contributed by atoms with Crippen LogP contribution in [0.1, 0.15) is 29.0 Å². The number of benzene rings is 1. The number of amides is 1. The Kier molecular flexibility index (Phi) is 6.34. The van der Waals surface area contributed by atoms with Crippen LogP contribution in [0.15, 0.2) is 48.9 Å². The number of nitrogens with zero attached hydrogens (tertiary/aromatic N) is 4. The van der Waals surface area contributed by atoms with Crippen LogP contribution in [0.2, 0.25) is 0 Å². The molecule has 0 atom stereocenters. The molecule has 0 aliphatic carbocycles. The van der Waals surface area contributed by atoms with Gasteiger partial charge in [0.15, 0.2) is 11.5 Å². The zero-order valence-electron chi connectivity index (χ0n) is 18.2. The number of pyridine rings is 1. The molecular formula is C23H27N7O2. The predicted molar refractivity (Wildman–Crippen MR) is 125 cm³/mol. The van der Waals surface area contributed by atoms with Crippen molar-refractivity contribution in [1.82, 2.24) is 15.0 Å². The number of hydrogen-bond acceptors (Lipinski definition) is 8. The fraction of sp³-hybridized carbons (Fsp3) is 0.304. The van der Waals surface area contributed by atoms with Crippen LogP contribution in [0.5, 0.6) is 5.75 Å². The molecular weight excluding hydrogens is 406 g/mol. The van der Waals surface area contributed by atoms with Gasteiger partial charge >= 0.3 is 0 Å². The first-order chi connectivity index (χ1) is 15.5. The Hall–Kier alpha value is -3.88. The van der Waals surface area contributed by atoms with E-state index in [9.17, 15) is 4.79 Å². The lowest BCUT2D eigenvalue weighted by Gasteiger charge is -2.34. The molecule has 0 bridgehead atoms. The minimum atomic E-state index is -0.413. The molecule has 0 radical (unpaired) electrons. The molecule has 4 N–H and O–H groups in total. The smallest absolute Gasteiger partial charge is 0.278 e. The topological polar surface area (TPSA) is 118 Å². The monoisotopic (exact) mass is 433 g/mol. The molecule has 4 rings (SSSR count). The number of carbonyl (C=O) groups is 1. The van der Waals surface area contributed by atoms with Crippen molar-refractivity contribution in [2.75, 3.05) is 41.5 Å². The summed E-state index contributed by atoms with van der Waals surface area (Å²) in [6.45, 7) is 3.73. The van der Waals surface area contributed by atoms with E-state index in [2.05, 4.69) is 42.6 Å². The van der Waals surface area contributed by atoms with Gasteiger partial charge in [0.2, 0.25) is 0 Å². The molecule has 3 aromatic rings. The lowest BCUT2D eigenvalue weighted by atomic mass is 10.0. The zero-order chi connectivity index (χ0) is 22.5. The van der Waals surface area contributed by atoms with Crippen molar-refractivity contribution in [3.63, 3.8) is 0 Å². The Morgan fingerprint density at radius 2 is 1.78 bits per heavy atom. The van der Waals surface area contributed by atoms with E-state index < -0.39 is 5.91 Å². The summed E-state index contributed by atoms with van der Waals surface area (Å²) in [5, 5.41) is 6.49. The first-order valence-corrected chi connectivity index (χ1v) is 10.5. The van der Waals surface area contributed by atoms with Crippen LogP contribution in [0.3, 0.4) is 0 Å². The number of piperidine rings is 1. The van der Waals surface area contributed by atoms with Crippen LogP contribution < -0.4 is 26.0 Å². The van der Waals surface area contributed by atoms with E-state index in [0.717, 1.165) is 37.4 Å². The minimum absolute atomic E-state index is 0.0898. The SMILES string of the molecule is COc1ccc(N2CCC(Nc3ccnc(C)c3NC(=O)c3nccnc3N)CC2)cc1. The molecule has 166 valence electrons. The van der Waals surface area contributed by atoms with E-state index in [0.29, 0.717) is 11.4 Å². The maximum atomic E-state index is 12.7. The molecule has 1 aliphatic heterocycles. The third-order valence-corrected chi connectivity index (χ3v) is 5.61. The lowest BCUT2D eigenvalue weighted by molar-refractivity contribution is 0.102. The molecule has 0 spiro atoms. The van der Waals surface area contributed by atoms with Crippen molar-refractivity contribution in [3.8, 4) is 5.75 Å². The molecule has 1 fully saturated rings. The van der Waals surface area contributed by atoms with Gasteiger partial charge in [-0.15, -0.1) is 0 Å². The number of nitrogens with one attached hydrogen (secondary N) is 2. The summed E-state index contributed by atoms with van der Waals surface area (Å²) in [4.78, 5) is 27.4. The molecule has 2 aromatic heterocycles. The van der Waals surface area contributed by atoms with Crippen molar-refractivity contribution in [2.24, 2.45) is 0 Å². The number of ether oxygens (including phenoxy) is 1. The third-order valence-electron chi connectivity index (χ3n) is 5.61. The lowest BCUT2D eigenvalue weighted by Crippen LogP contribution is -2.39. The Balaban J connectivity index is 1.42. The second-order valence-electron chi connectivity index (χ2n) is 7.67. The number of anilines is 4. The first-order valence-electron chi connectivity index (χ1n) is 10.5. The molecule has 1 saturated heterocycles. The molecule has 3 heterocycles. The summed E-state index contributed by atoms with van der Waals surface area (Å²) < 4.78 is 5.25. The number of nitrogen functional groups attached to an aromatic ring is 1. The largest absolute Gasteiger partial charge is 0.497 e. The number of nitrogens with two attached hydrogens (primary N) is 1. The maximum Gasteiger partial charge on any atom is 0.278 e. The van der Waals surface area contributed by atoms with Gasteiger partial charge in [0.25, 0.3) is 5.91 Å². The van der Waals surface area contributed by atoms with Gasteiger partial charge in [-0.2, -0.15) is 0 Å². The molecule has 0 unspecified atom stereocenters. The minimum Gasteiger partial charge on any atom is -0.497 e. The predicted octanol–water partition coefficient (Wildman–Crippen LogP) is 3.10. The number of aromatic nitrogens is 3. The summed E-state index contributed by atoms with van der Waals surface area (Å²) >= 11 is 0. The molecule has 9 nitrogen and oxygen atoms in total. The van der Waals surface area contributed by atoms with Gasteiger partial charge in [-0.1, -0.05) is 0 Å². The summed E-state index contributed by atoms with van der Waals surface area (Å²) in [5.41, 5.74) is 9.25. The Bertz CT molecular complexity index is 1080. The van der Waals surface area contributed by atoms with Crippen LogP contribution in [-0.4, -0.2) is 47.1 Å². The third kappa shape index (κ3) is 4.72. The summed E-state index contributed by atoms with van der Waals surface area (Å²) in [5.74, 6) is 0.534. The number of hydrogen-bond donors (Lipinski definition) is 3. The normalized spacial score (nSPS) is 14.1. The van der Waals surface area contributed by atoms with E-state index in [-0.39, 0.29) is 17.6 Å². The molecule has 1 amide bonds. The van der Waals surface area contributed by atoms with Crippen LogP contribution >= 0.6 is 0 Å². The van der Waals surface area contributed by atoms with Gasteiger partial charge in [-0.05, 0) is 50.1 Å². The van der Waals surface area contributed by atoms with Crippen LogP contribution in [0, 0.1) is 6.92 Å². The summed E-state index contributed by atoms with van der Waals surface area (Å²) in [7, 11) is 1.67. The zero-order valence-corrected chi connectivity index (χ0v) is 18.2. The van der Waals surface area contributed by atoms with Gasteiger partial charge in [0.05, 0.1) is 24.2 Å². The van der Waals surface area contributed by atoms with Gasteiger partial charge in [-0.3, -0.25) is 9.78 Å². The number of carbonyl (C=O) groups excluding carboxylic acids is 1. The van der Waals surface area contributed by atoms with Crippen molar-refractivity contribution in [1.29, 1.82) is 0 Å². The second-order valence-corrected chi connectivity index (χ2v) is 7.67. The van der Waals surface area contributed by atoms with Gasteiger partial charge < -0.3 is 26.0 Å². The van der Waals surface area contributed by atoms with Gasteiger partial charge in [-0.25, -0.2) is 9.97 Å². The highest BCUT2D eigenvalue weighted by atomic mass is 16.5. The molecule has 1 aromatic carbocycles. The van der Waals surface area contributed by atoms with Crippen LogP contribution in [-0.2, 0) is 0 Å². The van der Waals surface area contributed by atoms with Crippen molar-refractivity contribution >= 4 is 28.8 Å². The fourth-order valence-electron chi connectivity index (χ4n) is 3.84. The van der Waals surface area contributed by atoms with Gasteiger partial charge in [0, 0.05) is 43.4 Å². The fourth-order valence-corrected chi connectivity index (χ4v) is 3.84. The average molecular weight is 434 g/mol. The average Bonchev–Trinajstić information content (AvgIpc) is 2.82. The first kappa shape index (κ1) is 21.4. The van der Waals surface area contributed by atoms with Crippen molar-refractivity contribution in [3.05, 3.63) is 60.3 Å². The standard InChI is InChI=1S/C23H27N7O2/c1-15-20(29-23(31)21-22(24)27-12-11-26-21)19(7-10-25-15)28-16-8-13-30(14-9-16)17-3-5-18(32-2)6-4-17/h3-7,10-12,16H,8-9,13-14H2,1-2H3,(H2,24,27)(H,25,28)(H,29,31). The number of aryl methyl sites for hydroxylation is 1. The molecule has 9 heteroatoms. The van der Waals surface area contributed by atoms with Crippen molar-refractivity contribution < 1.29 is 9.53 Å². The number of rotatable bonds is 6. The van der Waals surface area contributed by atoms with Crippen LogP contribution in [0.4, 0.5) is 22.9 Å². The Morgan fingerprint density at radius 3 is 2.47 bits per heavy atom. The highest BCUT2D eigenvalue weighted by molar-refractivity contribution is 6.07. The highest BCUT2D eigenvalue weighted by Gasteiger charge is 2.22. The second kappa shape index (κ2) is 9.51. The Morgan fingerprint density at radius 1 is 1.06 bits per heavy atom. The Labute approximate surface area is 187 Å². The van der Waals surface area contributed by atoms with E-state index in [1.807, 2.05) is 25.1 Å². The van der Waals surface area contributed by atoms with Crippen LogP contribution in [0.25, 0.3) is 0 Å². The van der Waals surface area contributed by atoms with Crippen molar-refractivity contribution in [2.45, 2.75) is 25.8 Å². The van der Waals surface area contributed by atoms with E-state index in [1.54, 1.807) is 13.3 Å². The van der Waals surface area contributed by atoms with E-state index in [1.165, 1.54) is 18.1 Å². The van der Waals surface area contributed by atoms with Gasteiger partial charge in [0.1, 0.15) is 5.75 Å². The summed E-state index contributed by atoms with van der Waals surface area (Å²) in [6, 6.07) is 10.3.